The van der Waals surface area contributed by atoms with Crippen molar-refractivity contribution in [3.05, 3.63) is 6.42 Å². The van der Waals surface area contributed by atoms with Crippen LogP contribution in [0, 0.1) is 6.42 Å². The van der Waals surface area contributed by atoms with E-state index in [4.69, 9.17) is 10.0 Å². The molecule has 0 spiro atoms. The third-order valence-corrected chi connectivity index (χ3v) is 1.91. The van der Waals surface area contributed by atoms with E-state index in [9.17, 15) is 0 Å². The molecule has 0 aromatic rings. The first-order valence-electron chi connectivity index (χ1n) is 5.41. The molecule has 0 aromatic carbocycles. The number of hydrogen-bond donors (Lipinski definition) is 2. The maximum absolute atomic E-state index is 8.25. The molecular formula is C9H24B2BrMgO6+. The molecule has 2 fully saturated rings. The quantitative estimate of drug-likeness (QED) is 0.307. The van der Waals surface area contributed by atoms with Crippen LogP contribution in [0.4, 0.5) is 0 Å². The molecule has 0 amide bonds. The summed E-state index contributed by atoms with van der Waals surface area (Å²) in [4.78, 5) is 0. The van der Waals surface area contributed by atoms with E-state index >= 15 is 0 Å². The third kappa shape index (κ3) is 24.5. The summed E-state index contributed by atoms with van der Waals surface area (Å²) in [5, 5.41) is 16.5. The minimum Gasteiger partial charge on any atom is -1.00 e. The van der Waals surface area contributed by atoms with E-state index < -0.39 is 14.4 Å². The van der Waals surface area contributed by atoms with Crippen molar-refractivity contribution in [1.29, 1.82) is 0 Å². The van der Waals surface area contributed by atoms with Crippen molar-refractivity contribution in [2.45, 2.75) is 31.5 Å². The predicted octanol–water partition coefficient (Wildman–Crippen LogP) is -3.78. The maximum Gasteiger partial charge on any atom is 2.00 e. The van der Waals surface area contributed by atoms with Crippen LogP contribution in [0.2, 0.25) is 5.82 Å². The van der Waals surface area contributed by atoms with Crippen molar-refractivity contribution in [2.75, 3.05) is 21.3 Å². The monoisotopic (exact) mass is 353 g/mol. The Balaban J connectivity index is -0.0000000862. The van der Waals surface area contributed by atoms with Gasteiger partial charge in [-0.3, -0.25) is 0 Å². The average molecular weight is 354 g/mol. The van der Waals surface area contributed by atoms with Crippen LogP contribution >= 0.6 is 0 Å². The molecule has 0 bridgehead atoms. The Morgan fingerprint density at radius 3 is 1.32 bits per heavy atom. The third-order valence-electron chi connectivity index (χ3n) is 1.91. The fourth-order valence-electron chi connectivity index (χ4n) is 0.683. The normalized spacial score (nSPS) is 13.7. The topological polar surface area (TPSA) is 101 Å². The minimum atomic E-state index is -1.04. The van der Waals surface area contributed by atoms with Gasteiger partial charge in [-0.05, 0) is 5.82 Å². The van der Waals surface area contributed by atoms with Gasteiger partial charge in [-0.15, -0.1) is 0 Å². The van der Waals surface area contributed by atoms with Crippen LogP contribution in [-0.2, 0) is 19.4 Å². The molecule has 0 atom stereocenters. The van der Waals surface area contributed by atoms with Crippen LogP contribution < -0.4 is 17.0 Å². The summed E-state index contributed by atoms with van der Waals surface area (Å²) in [5.41, 5.74) is 0. The van der Waals surface area contributed by atoms with Crippen LogP contribution in [0.15, 0.2) is 0 Å². The molecular weight excluding hydrogens is 330 g/mol. The average Bonchev–Trinajstić information content (AvgIpc) is 3.10. The van der Waals surface area contributed by atoms with Crippen LogP contribution in [-0.4, -0.2) is 68.9 Å². The number of halogens is 1. The van der Waals surface area contributed by atoms with Crippen LogP contribution in [0.5, 0.6) is 0 Å². The van der Waals surface area contributed by atoms with Gasteiger partial charge in [0.2, 0.25) is 0 Å². The first kappa shape index (κ1) is 28.3. The molecule has 0 heterocycles. The fraction of sp³-hybridized carbons (Fsp3) is 0.889. The summed E-state index contributed by atoms with van der Waals surface area (Å²) in [6.45, 7) is 0. The zero-order valence-electron chi connectivity index (χ0n) is 11.9. The molecule has 2 aliphatic carbocycles. The Bertz CT molecular complexity index is 153. The molecule has 0 saturated heterocycles. The summed E-state index contributed by atoms with van der Waals surface area (Å²) >= 11 is 0. The second-order valence-electron chi connectivity index (χ2n) is 3.61. The van der Waals surface area contributed by atoms with Crippen molar-refractivity contribution in [3.63, 3.8) is 0 Å². The molecule has 110 valence electrons. The molecule has 19 heavy (non-hydrogen) atoms. The van der Waals surface area contributed by atoms with Gasteiger partial charge in [0.25, 0.3) is 0 Å². The summed E-state index contributed by atoms with van der Waals surface area (Å²) < 4.78 is 13.8. The zero-order chi connectivity index (χ0) is 12.4. The molecule has 2 aliphatic rings. The maximum atomic E-state index is 8.25. The van der Waals surface area contributed by atoms with Crippen molar-refractivity contribution in [3.8, 4) is 0 Å². The molecule has 10 heteroatoms. The Kier molecular flexibility index (Phi) is 28.5. The zero-order valence-corrected chi connectivity index (χ0v) is 14.9. The SMILES string of the molecule is COB(OC)OC.OB(O)C1CC1.[Br-].[CH-]1CC1.[Mg+2].[OH3+]. The first-order valence-corrected chi connectivity index (χ1v) is 5.41. The standard InChI is InChI=1S/C3H9BO3.C3H7BO2.C3H5.BrH.Mg.H2O/c1-5-4(6-2)7-3;5-4(6)3-1-2-3;1-2-3-1;;;/h1-3H3;3,5-6H,1-2H2;1H,2-3H2;1H;;1H2/q;;-1;;+2;. The van der Waals surface area contributed by atoms with E-state index in [1.807, 2.05) is 0 Å². The summed E-state index contributed by atoms with van der Waals surface area (Å²) in [6.07, 6.45) is 7.00. The number of hydrogen-bond acceptors (Lipinski definition) is 5. The minimum absolute atomic E-state index is 0. The van der Waals surface area contributed by atoms with Crippen LogP contribution in [0.3, 0.4) is 0 Å². The van der Waals surface area contributed by atoms with Gasteiger partial charge in [-0.25, -0.2) is 12.8 Å². The molecule has 0 aliphatic heterocycles. The van der Waals surface area contributed by atoms with Crippen molar-refractivity contribution < 1.29 is 46.5 Å². The van der Waals surface area contributed by atoms with Crippen molar-refractivity contribution >= 4 is 37.5 Å². The van der Waals surface area contributed by atoms with Gasteiger partial charge in [0.1, 0.15) is 0 Å². The van der Waals surface area contributed by atoms with Gasteiger partial charge in [-0.1, -0.05) is 12.8 Å². The smallest absolute Gasteiger partial charge is 1.00 e. The van der Waals surface area contributed by atoms with Crippen LogP contribution in [0.25, 0.3) is 0 Å². The summed E-state index contributed by atoms with van der Waals surface area (Å²) in [7, 11) is 2.98. The van der Waals surface area contributed by atoms with E-state index in [-0.39, 0.29) is 51.3 Å². The summed E-state index contributed by atoms with van der Waals surface area (Å²) in [6, 6.07) is 0. The molecule has 0 unspecified atom stereocenters. The van der Waals surface area contributed by atoms with Gasteiger partial charge < -0.3 is 52.9 Å². The van der Waals surface area contributed by atoms with Crippen LogP contribution in [0.1, 0.15) is 25.7 Å². The molecule has 0 radical (unpaired) electrons. The molecule has 2 rings (SSSR count). The van der Waals surface area contributed by atoms with E-state index in [2.05, 4.69) is 20.4 Å². The van der Waals surface area contributed by atoms with Gasteiger partial charge in [0, 0.05) is 21.3 Å². The fourth-order valence-corrected chi connectivity index (χ4v) is 0.683. The van der Waals surface area contributed by atoms with Gasteiger partial charge >= 0.3 is 37.5 Å². The largest absolute Gasteiger partial charge is 2.00 e. The van der Waals surface area contributed by atoms with Crippen molar-refractivity contribution in [2.24, 2.45) is 0 Å². The van der Waals surface area contributed by atoms with E-state index in [0.717, 1.165) is 12.8 Å². The molecule has 6 nitrogen and oxygen atoms in total. The first-order chi connectivity index (χ1) is 7.65. The van der Waals surface area contributed by atoms with Gasteiger partial charge in [-0.2, -0.15) is 0 Å². The van der Waals surface area contributed by atoms with Gasteiger partial charge in [0.15, 0.2) is 0 Å². The molecule has 0 aromatic heterocycles. The molecule has 2 saturated carbocycles. The van der Waals surface area contributed by atoms with E-state index in [0.29, 0.717) is 0 Å². The Labute approximate surface area is 143 Å². The van der Waals surface area contributed by atoms with Crippen molar-refractivity contribution in [1.82, 2.24) is 0 Å². The predicted molar refractivity (Wildman–Crippen MR) is 74.1 cm³/mol. The van der Waals surface area contributed by atoms with E-state index in [1.165, 1.54) is 34.2 Å². The summed E-state index contributed by atoms with van der Waals surface area (Å²) in [5.74, 6) is 0.213. The second-order valence-corrected chi connectivity index (χ2v) is 3.61. The Morgan fingerprint density at radius 2 is 1.32 bits per heavy atom. The second kappa shape index (κ2) is 19.1. The van der Waals surface area contributed by atoms with Gasteiger partial charge in [0.05, 0.1) is 0 Å². The molecule has 5 N–H and O–H groups in total. The Morgan fingerprint density at radius 1 is 1.00 bits per heavy atom. The Hall–Kier alpha value is 1.14. The number of rotatable bonds is 4. The van der Waals surface area contributed by atoms with E-state index in [1.54, 1.807) is 0 Å².